The number of amides is 1. The average Bonchev–Trinajstić information content (AvgIpc) is 3.41. The van der Waals surface area contributed by atoms with Crippen molar-refractivity contribution >= 4 is 23.3 Å². The fraction of sp³-hybridized carbons (Fsp3) is 0.667. The molecule has 1 amide bonds. The number of alkyl halides is 3. The van der Waals surface area contributed by atoms with Crippen molar-refractivity contribution in [1.82, 2.24) is 15.2 Å². The molecule has 3 rings (SSSR count). The number of anilines is 1. The summed E-state index contributed by atoms with van der Waals surface area (Å²) >= 11 is 6.05. The van der Waals surface area contributed by atoms with Gasteiger partial charge in [-0.2, -0.15) is 13.2 Å². The second-order valence-electron chi connectivity index (χ2n) is 7.34. The van der Waals surface area contributed by atoms with Gasteiger partial charge in [0.15, 0.2) is 0 Å². The van der Waals surface area contributed by atoms with Crippen LogP contribution in [0.5, 0.6) is 0 Å². The lowest BCUT2D eigenvalue weighted by atomic mass is 10.2. The van der Waals surface area contributed by atoms with E-state index in [4.69, 9.17) is 11.6 Å². The summed E-state index contributed by atoms with van der Waals surface area (Å²) in [7, 11) is 0. The Bertz CT molecular complexity index is 681. The number of halogens is 4. The lowest BCUT2D eigenvalue weighted by Gasteiger charge is -2.24. The second-order valence-corrected chi connectivity index (χ2v) is 7.74. The quantitative estimate of drug-likeness (QED) is 0.818. The van der Waals surface area contributed by atoms with Crippen LogP contribution in [0.4, 0.5) is 19.0 Å². The Hall–Kier alpha value is -1.54. The zero-order valence-electron chi connectivity index (χ0n) is 15.2. The van der Waals surface area contributed by atoms with E-state index in [9.17, 15) is 18.0 Å². The van der Waals surface area contributed by atoms with Crippen molar-refractivity contribution < 1.29 is 18.0 Å². The van der Waals surface area contributed by atoms with Crippen LogP contribution in [0.3, 0.4) is 0 Å². The van der Waals surface area contributed by atoms with Crippen LogP contribution in [0.25, 0.3) is 0 Å². The maximum atomic E-state index is 12.8. The van der Waals surface area contributed by atoms with Crippen molar-refractivity contribution in [3.8, 4) is 0 Å². The molecule has 1 aliphatic heterocycles. The largest absolute Gasteiger partial charge is 0.417 e. The Morgan fingerprint density at radius 1 is 1.33 bits per heavy atom. The Morgan fingerprint density at radius 3 is 2.70 bits per heavy atom. The van der Waals surface area contributed by atoms with Gasteiger partial charge in [0.05, 0.1) is 17.1 Å². The monoisotopic (exact) mass is 404 g/mol. The molecule has 150 valence electrons. The second kappa shape index (κ2) is 8.22. The van der Waals surface area contributed by atoms with Gasteiger partial charge in [0, 0.05) is 38.4 Å². The minimum atomic E-state index is -4.46. The molecule has 1 saturated carbocycles. The van der Waals surface area contributed by atoms with E-state index in [2.05, 4.69) is 15.2 Å². The summed E-state index contributed by atoms with van der Waals surface area (Å²) in [6.07, 6.45) is -0.501. The maximum Gasteiger partial charge on any atom is 0.417 e. The fourth-order valence-corrected chi connectivity index (χ4v) is 3.66. The fourth-order valence-electron chi connectivity index (χ4n) is 3.38. The molecule has 1 N–H and O–H groups in total. The molecule has 9 heteroatoms. The number of aromatic nitrogens is 1. The number of nitrogens with one attached hydrogen (secondary N) is 1. The molecule has 0 bridgehead atoms. The van der Waals surface area contributed by atoms with E-state index in [1.807, 2.05) is 11.8 Å². The number of hydrogen-bond acceptors (Lipinski definition) is 4. The summed E-state index contributed by atoms with van der Waals surface area (Å²) in [5.41, 5.74) is -0.853. The third-order valence-electron chi connectivity index (χ3n) is 5.12. The topological polar surface area (TPSA) is 48.5 Å². The number of rotatable bonds is 5. The van der Waals surface area contributed by atoms with Crippen LogP contribution in [0.15, 0.2) is 12.3 Å². The zero-order chi connectivity index (χ0) is 19.6. The van der Waals surface area contributed by atoms with Crippen molar-refractivity contribution in [3.05, 3.63) is 22.8 Å². The summed E-state index contributed by atoms with van der Waals surface area (Å²) < 4.78 is 38.3. The molecule has 1 saturated heterocycles. The SMILES string of the molecule is CC(NC(=O)CN1CCCN(c2ncc(C(F)(F)F)cc2Cl)CC1)C1CC1. The van der Waals surface area contributed by atoms with Crippen molar-refractivity contribution in [1.29, 1.82) is 0 Å². The van der Waals surface area contributed by atoms with Gasteiger partial charge in [0.1, 0.15) is 5.82 Å². The van der Waals surface area contributed by atoms with E-state index < -0.39 is 11.7 Å². The van der Waals surface area contributed by atoms with Gasteiger partial charge in [-0.25, -0.2) is 4.98 Å². The van der Waals surface area contributed by atoms with Crippen molar-refractivity contribution in [3.63, 3.8) is 0 Å². The molecule has 0 spiro atoms. The summed E-state index contributed by atoms with van der Waals surface area (Å²) in [5, 5.41) is 3.04. The molecule has 2 heterocycles. The lowest BCUT2D eigenvalue weighted by molar-refractivity contribution is -0.137. The Morgan fingerprint density at radius 2 is 2.07 bits per heavy atom. The van der Waals surface area contributed by atoms with Gasteiger partial charge >= 0.3 is 6.18 Å². The molecule has 0 aromatic carbocycles. The first kappa shape index (κ1) is 20.2. The molecular formula is C18H24ClF3N4O. The van der Waals surface area contributed by atoms with Crippen LogP contribution in [-0.2, 0) is 11.0 Å². The maximum absolute atomic E-state index is 12.8. The van der Waals surface area contributed by atoms with Gasteiger partial charge < -0.3 is 10.2 Å². The predicted molar refractivity (Wildman–Crippen MR) is 97.8 cm³/mol. The van der Waals surface area contributed by atoms with E-state index in [-0.39, 0.29) is 17.0 Å². The highest BCUT2D eigenvalue weighted by atomic mass is 35.5. The van der Waals surface area contributed by atoms with Gasteiger partial charge in [-0.3, -0.25) is 9.69 Å². The molecule has 5 nitrogen and oxygen atoms in total. The Balaban J connectivity index is 1.55. The van der Waals surface area contributed by atoms with Gasteiger partial charge in [0.2, 0.25) is 5.91 Å². The van der Waals surface area contributed by atoms with Crippen LogP contribution in [0.1, 0.15) is 31.7 Å². The van der Waals surface area contributed by atoms with Crippen LogP contribution >= 0.6 is 11.6 Å². The first-order valence-corrected chi connectivity index (χ1v) is 9.61. The highest BCUT2D eigenvalue weighted by Gasteiger charge is 2.32. The molecule has 1 aromatic rings. The Kier molecular flexibility index (Phi) is 6.15. The molecule has 2 aliphatic rings. The normalized spacial score (nSPS) is 20.3. The smallest absolute Gasteiger partial charge is 0.354 e. The Labute approximate surface area is 161 Å². The predicted octanol–water partition coefficient (Wildman–Crippen LogP) is 3.18. The molecule has 1 unspecified atom stereocenters. The molecule has 1 aliphatic carbocycles. The summed E-state index contributed by atoms with van der Waals surface area (Å²) in [6, 6.07) is 1.13. The minimum absolute atomic E-state index is 0.00530. The van der Waals surface area contributed by atoms with Crippen molar-refractivity contribution in [2.75, 3.05) is 37.6 Å². The summed E-state index contributed by atoms with van der Waals surface area (Å²) in [5.74, 6) is 0.994. The third kappa shape index (κ3) is 5.48. The molecule has 1 atom stereocenters. The van der Waals surface area contributed by atoms with E-state index in [0.717, 1.165) is 25.2 Å². The van der Waals surface area contributed by atoms with E-state index in [1.54, 1.807) is 0 Å². The summed E-state index contributed by atoms with van der Waals surface area (Å²) in [4.78, 5) is 20.1. The summed E-state index contributed by atoms with van der Waals surface area (Å²) in [6.45, 7) is 4.94. The standard InChI is InChI=1S/C18H24ClF3N4O/c1-12(13-3-4-13)24-16(27)11-25-5-2-6-26(8-7-25)17-15(19)9-14(10-23-17)18(20,21)22/h9-10,12-13H,2-8,11H2,1H3,(H,24,27). The molecule has 1 aromatic heterocycles. The van der Waals surface area contributed by atoms with Crippen LogP contribution in [0, 0.1) is 5.92 Å². The van der Waals surface area contributed by atoms with Crippen LogP contribution in [0.2, 0.25) is 5.02 Å². The number of pyridine rings is 1. The van der Waals surface area contributed by atoms with Crippen LogP contribution < -0.4 is 10.2 Å². The van der Waals surface area contributed by atoms with E-state index >= 15 is 0 Å². The number of hydrogen-bond donors (Lipinski definition) is 1. The van der Waals surface area contributed by atoms with Crippen LogP contribution in [-0.4, -0.2) is 54.6 Å². The van der Waals surface area contributed by atoms with Crippen molar-refractivity contribution in [2.45, 2.75) is 38.4 Å². The molecule has 2 fully saturated rings. The minimum Gasteiger partial charge on any atom is -0.354 e. The molecular weight excluding hydrogens is 381 g/mol. The van der Waals surface area contributed by atoms with Crippen molar-refractivity contribution in [2.24, 2.45) is 5.92 Å². The van der Waals surface area contributed by atoms with Gasteiger partial charge in [-0.1, -0.05) is 11.6 Å². The number of nitrogens with zero attached hydrogens (tertiary/aromatic N) is 3. The first-order valence-electron chi connectivity index (χ1n) is 9.23. The molecule has 27 heavy (non-hydrogen) atoms. The van der Waals surface area contributed by atoms with Gasteiger partial charge in [0.25, 0.3) is 0 Å². The highest BCUT2D eigenvalue weighted by Crippen LogP contribution is 2.34. The van der Waals surface area contributed by atoms with E-state index in [1.165, 1.54) is 12.8 Å². The number of carbonyl (C=O) groups is 1. The average molecular weight is 405 g/mol. The van der Waals surface area contributed by atoms with Gasteiger partial charge in [-0.15, -0.1) is 0 Å². The highest BCUT2D eigenvalue weighted by molar-refractivity contribution is 6.33. The lowest BCUT2D eigenvalue weighted by Crippen LogP contribution is -2.43. The molecule has 0 radical (unpaired) electrons. The zero-order valence-corrected chi connectivity index (χ0v) is 16.0. The third-order valence-corrected chi connectivity index (χ3v) is 5.40. The van der Waals surface area contributed by atoms with E-state index in [0.29, 0.717) is 37.9 Å². The number of carbonyl (C=O) groups excluding carboxylic acids is 1. The first-order chi connectivity index (χ1) is 12.7. The van der Waals surface area contributed by atoms with Gasteiger partial charge in [-0.05, 0) is 38.2 Å².